The van der Waals surface area contributed by atoms with E-state index in [1.54, 1.807) is 47.1 Å². The lowest BCUT2D eigenvalue weighted by Gasteiger charge is -2.40. The SMILES string of the molecule is Cc1ccc(C(=O)N2CCN(C(=O)c3ccccc3CC#N)C(C)C2)cc1F. The molecule has 1 unspecified atom stereocenters. The van der Waals surface area contributed by atoms with E-state index in [4.69, 9.17) is 5.26 Å². The third kappa shape index (κ3) is 3.89. The Kier molecular flexibility index (Phi) is 5.74. The van der Waals surface area contributed by atoms with Crippen molar-refractivity contribution in [3.05, 3.63) is 70.5 Å². The first kappa shape index (κ1) is 19.6. The van der Waals surface area contributed by atoms with E-state index in [2.05, 4.69) is 6.07 Å². The zero-order chi connectivity index (χ0) is 20.3. The molecule has 1 aliphatic rings. The van der Waals surface area contributed by atoms with Gasteiger partial charge in [0.25, 0.3) is 11.8 Å². The number of halogens is 1. The number of nitrogens with zero attached hydrogens (tertiary/aromatic N) is 3. The predicted octanol–water partition coefficient (Wildman–Crippen LogP) is 3.19. The summed E-state index contributed by atoms with van der Waals surface area (Å²) in [6.07, 6.45) is 0.174. The van der Waals surface area contributed by atoms with Gasteiger partial charge in [-0.25, -0.2) is 4.39 Å². The second kappa shape index (κ2) is 8.22. The van der Waals surface area contributed by atoms with Gasteiger partial charge in [-0.3, -0.25) is 9.59 Å². The molecule has 3 rings (SSSR count). The number of aryl methyl sites for hydroxylation is 1. The first-order chi connectivity index (χ1) is 13.4. The molecule has 2 aromatic carbocycles. The van der Waals surface area contributed by atoms with E-state index < -0.39 is 5.82 Å². The summed E-state index contributed by atoms with van der Waals surface area (Å²) in [5, 5.41) is 8.98. The van der Waals surface area contributed by atoms with Gasteiger partial charge in [-0.1, -0.05) is 24.3 Å². The smallest absolute Gasteiger partial charge is 0.254 e. The maximum Gasteiger partial charge on any atom is 0.254 e. The average Bonchev–Trinajstić information content (AvgIpc) is 2.69. The summed E-state index contributed by atoms with van der Waals surface area (Å²) in [7, 11) is 0. The summed E-state index contributed by atoms with van der Waals surface area (Å²) in [4.78, 5) is 29.1. The fraction of sp³-hybridized carbons (Fsp3) is 0.318. The summed E-state index contributed by atoms with van der Waals surface area (Å²) in [5.41, 5.74) is 2.04. The lowest BCUT2D eigenvalue weighted by atomic mass is 10.0. The predicted molar refractivity (Wildman–Crippen MR) is 103 cm³/mol. The molecule has 1 fully saturated rings. The highest BCUT2D eigenvalue weighted by Gasteiger charge is 2.31. The Hall–Kier alpha value is -3.20. The van der Waals surface area contributed by atoms with Gasteiger partial charge in [0.1, 0.15) is 5.82 Å². The van der Waals surface area contributed by atoms with E-state index in [0.29, 0.717) is 41.9 Å². The first-order valence-corrected chi connectivity index (χ1v) is 9.23. The molecule has 1 aliphatic heterocycles. The van der Waals surface area contributed by atoms with E-state index >= 15 is 0 Å². The molecular formula is C22H22FN3O2. The molecule has 0 aliphatic carbocycles. The molecule has 0 spiro atoms. The van der Waals surface area contributed by atoms with Crippen molar-refractivity contribution in [1.29, 1.82) is 5.26 Å². The summed E-state index contributed by atoms with van der Waals surface area (Å²) >= 11 is 0. The maximum absolute atomic E-state index is 13.8. The highest BCUT2D eigenvalue weighted by Crippen LogP contribution is 2.19. The number of hydrogen-bond acceptors (Lipinski definition) is 3. The summed E-state index contributed by atoms with van der Waals surface area (Å²) in [6.45, 7) is 4.69. The molecule has 28 heavy (non-hydrogen) atoms. The van der Waals surface area contributed by atoms with Crippen molar-refractivity contribution in [3.63, 3.8) is 0 Å². The van der Waals surface area contributed by atoms with Gasteiger partial charge in [-0.2, -0.15) is 5.26 Å². The number of rotatable bonds is 3. The van der Waals surface area contributed by atoms with Gasteiger partial charge in [-0.05, 0) is 43.2 Å². The first-order valence-electron chi connectivity index (χ1n) is 9.23. The van der Waals surface area contributed by atoms with E-state index in [0.717, 1.165) is 0 Å². The highest BCUT2D eigenvalue weighted by molar-refractivity contribution is 5.97. The molecule has 1 atom stereocenters. The van der Waals surface area contributed by atoms with E-state index in [9.17, 15) is 14.0 Å². The molecule has 5 nitrogen and oxygen atoms in total. The van der Waals surface area contributed by atoms with Crippen molar-refractivity contribution in [1.82, 2.24) is 9.80 Å². The van der Waals surface area contributed by atoms with Crippen LogP contribution in [-0.2, 0) is 6.42 Å². The topological polar surface area (TPSA) is 64.4 Å². The van der Waals surface area contributed by atoms with Crippen molar-refractivity contribution in [2.75, 3.05) is 19.6 Å². The summed E-state index contributed by atoms with van der Waals surface area (Å²) in [5.74, 6) is -0.767. The van der Waals surface area contributed by atoms with Crippen molar-refractivity contribution in [3.8, 4) is 6.07 Å². The van der Waals surface area contributed by atoms with Crippen LogP contribution in [-0.4, -0.2) is 47.3 Å². The standard InChI is InChI=1S/C22H22FN3O2/c1-15-7-8-18(13-20(15)23)21(27)25-11-12-26(16(2)14-25)22(28)19-6-4-3-5-17(19)9-10-24/h3-8,13,16H,9,11-12,14H2,1-2H3. The fourth-order valence-corrected chi connectivity index (χ4v) is 3.48. The third-order valence-electron chi connectivity index (χ3n) is 5.11. The van der Waals surface area contributed by atoms with Crippen LogP contribution in [0.5, 0.6) is 0 Å². The largest absolute Gasteiger partial charge is 0.335 e. The average molecular weight is 379 g/mol. The molecule has 6 heteroatoms. The molecule has 1 saturated heterocycles. The van der Waals surface area contributed by atoms with Gasteiger partial charge in [-0.15, -0.1) is 0 Å². The number of carbonyl (C=O) groups is 2. The molecule has 2 amide bonds. The van der Waals surface area contributed by atoms with Crippen LogP contribution in [0.3, 0.4) is 0 Å². The van der Waals surface area contributed by atoms with E-state index in [1.165, 1.54) is 6.07 Å². The molecule has 0 aromatic heterocycles. The monoisotopic (exact) mass is 379 g/mol. The second-order valence-electron chi connectivity index (χ2n) is 7.05. The van der Waals surface area contributed by atoms with Gasteiger partial charge in [0, 0.05) is 36.8 Å². The quantitative estimate of drug-likeness (QED) is 0.823. The number of amides is 2. The maximum atomic E-state index is 13.8. The van der Waals surface area contributed by atoms with Crippen molar-refractivity contribution >= 4 is 11.8 Å². The van der Waals surface area contributed by atoms with Gasteiger partial charge >= 0.3 is 0 Å². The minimum atomic E-state index is -0.401. The van der Waals surface area contributed by atoms with Gasteiger partial charge in [0.2, 0.25) is 0 Å². The van der Waals surface area contributed by atoms with Crippen LogP contribution in [0.4, 0.5) is 4.39 Å². The molecule has 1 heterocycles. The Morgan fingerprint density at radius 1 is 1.18 bits per heavy atom. The van der Waals surface area contributed by atoms with Gasteiger partial charge < -0.3 is 9.80 Å². The lowest BCUT2D eigenvalue weighted by Crippen LogP contribution is -2.55. The van der Waals surface area contributed by atoms with Crippen LogP contribution in [0.2, 0.25) is 0 Å². The number of benzene rings is 2. The zero-order valence-corrected chi connectivity index (χ0v) is 16.0. The molecule has 144 valence electrons. The highest BCUT2D eigenvalue weighted by atomic mass is 19.1. The Morgan fingerprint density at radius 3 is 2.61 bits per heavy atom. The Balaban J connectivity index is 1.73. The van der Waals surface area contributed by atoms with Crippen LogP contribution in [0, 0.1) is 24.1 Å². The lowest BCUT2D eigenvalue weighted by molar-refractivity contribution is 0.0413. The van der Waals surface area contributed by atoms with Crippen molar-refractivity contribution in [2.45, 2.75) is 26.3 Å². The van der Waals surface area contributed by atoms with Crippen LogP contribution < -0.4 is 0 Å². The number of hydrogen-bond donors (Lipinski definition) is 0. The zero-order valence-electron chi connectivity index (χ0n) is 16.0. The van der Waals surface area contributed by atoms with Gasteiger partial charge in [0.15, 0.2) is 0 Å². The Labute approximate surface area is 164 Å². The second-order valence-corrected chi connectivity index (χ2v) is 7.05. The number of piperazine rings is 1. The molecule has 0 bridgehead atoms. The van der Waals surface area contributed by atoms with E-state index in [-0.39, 0.29) is 24.3 Å². The van der Waals surface area contributed by atoms with Gasteiger partial charge in [0.05, 0.1) is 12.5 Å². The van der Waals surface area contributed by atoms with Crippen molar-refractivity contribution < 1.29 is 14.0 Å². The van der Waals surface area contributed by atoms with Crippen LogP contribution >= 0.6 is 0 Å². The normalized spacial score (nSPS) is 16.6. The van der Waals surface area contributed by atoms with Crippen LogP contribution in [0.25, 0.3) is 0 Å². The molecule has 2 aromatic rings. The molecule has 0 radical (unpaired) electrons. The molecule has 0 saturated carbocycles. The number of nitriles is 1. The molecular weight excluding hydrogens is 357 g/mol. The minimum absolute atomic E-state index is 0.133. The van der Waals surface area contributed by atoms with Crippen molar-refractivity contribution in [2.24, 2.45) is 0 Å². The summed E-state index contributed by atoms with van der Waals surface area (Å²) in [6, 6.07) is 13.5. The van der Waals surface area contributed by atoms with E-state index in [1.807, 2.05) is 13.0 Å². The Morgan fingerprint density at radius 2 is 1.93 bits per heavy atom. The number of carbonyl (C=O) groups excluding carboxylic acids is 2. The Bertz CT molecular complexity index is 951. The fourth-order valence-electron chi connectivity index (χ4n) is 3.48. The van der Waals surface area contributed by atoms with Crippen LogP contribution in [0.1, 0.15) is 38.8 Å². The molecule has 0 N–H and O–H groups in total. The van der Waals surface area contributed by atoms with Crippen LogP contribution in [0.15, 0.2) is 42.5 Å². The third-order valence-corrected chi connectivity index (χ3v) is 5.11. The minimum Gasteiger partial charge on any atom is -0.335 e. The summed E-state index contributed by atoms with van der Waals surface area (Å²) < 4.78 is 13.8.